The Balaban J connectivity index is 0.000000234. The van der Waals surface area contributed by atoms with Gasteiger partial charge in [0.05, 0.1) is 18.3 Å². The number of carboxylic acids is 7. The Bertz CT molecular complexity index is 5260. The number of nitrogens with one attached hydrogen (secondary N) is 2. The predicted molar refractivity (Wildman–Crippen MR) is 462 cm³/mol. The van der Waals surface area contributed by atoms with E-state index in [0.717, 1.165) is 57.0 Å². The first kappa shape index (κ1) is 105. The molecule has 1 fully saturated rings. The molecule has 130 heavy (non-hydrogen) atoms. The molecule has 1 saturated heterocycles. The van der Waals surface area contributed by atoms with Crippen molar-refractivity contribution in [2.75, 3.05) is 36.9 Å². The average molecular weight is 1840 g/mol. The zero-order valence-electron chi connectivity index (χ0n) is 71.6. The maximum atomic E-state index is 11.3. The normalized spacial score (nSPS) is 14.0. The van der Waals surface area contributed by atoms with Crippen LogP contribution in [0.15, 0.2) is 89.7 Å². The Kier molecular flexibility index (Phi) is 44.2. The van der Waals surface area contributed by atoms with Crippen LogP contribution in [0.4, 0.5) is 17.6 Å². The number of anilines is 3. The number of thiophene rings is 2. The molecule has 694 valence electrons. The van der Waals surface area contributed by atoms with Crippen molar-refractivity contribution < 1.29 is 83.6 Å². The number of likely N-dealkylation sites (tertiary alicyclic amines) is 1. The first-order chi connectivity index (χ1) is 61.8. The lowest BCUT2D eigenvalue weighted by atomic mass is 10.1. The van der Waals surface area contributed by atoms with Crippen LogP contribution in [0.1, 0.15) is 147 Å². The molecule has 0 radical (unpaired) electrons. The Hall–Kier alpha value is -14.0. The van der Waals surface area contributed by atoms with Gasteiger partial charge in [0.2, 0.25) is 0 Å². The minimum absolute atomic E-state index is 0.175. The molecule has 10 aromatic heterocycles. The fraction of sp³-hybridized carbons (Fsp3) is 0.436. The van der Waals surface area contributed by atoms with Gasteiger partial charge in [-0.1, -0.05) is 36.6 Å². The van der Waals surface area contributed by atoms with Crippen LogP contribution in [0.3, 0.4) is 0 Å². The third-order valence-electron chi connectivity index (χ3n) is 17.9. The van der Waals surface area contributed by atoms with E-state index in [0.29, 0.717) is 166 Å². The van der Waals surface area contributed by atoms with Gasteiger partial charge >= 0.3 is 47.8 Å². The van der Waals surface area contributed by atoms with Crippen molar-refractivity contribution >= 4 is 93.8 Å². The maximum absolute atomic E-state index is 11.3. The lowest BCUT2D eigenvalue weighted by Crippen LogP contribution is -2.45. The zero-order chi connectivity index (χ0) is 95.4. The molecule has 0 saturated carbocycles. The monoisotopic (exact) mass is 1840 g/mol. The van der Waals surface area contributed by atoms with E-state index in [9.17, 15) is 43.2 Å². The minimum Gasteiger partial charge on any atom is -0.480 e. The number of esters is 1. The van der Waals surface area contributed by atoms with Gasteiger partial charge < -0.3 is 96.2 Å². The summed E-state index contributed by atoms with van der Waals surface area (Å²) in [6, 6.07) is 6.42. The SMILES string of the molecule is CC1=CC1COC(=O)CCCCC[C@H](N)C(=O)O.Cc1nnc(Cc2cc(C[C@H](N)C(=O)O)cs2)nn1.Cc1nnc(Cc2ccc(C[C@H](N)C(=O)O)cn2)nn1.Cc1nnc(Cc2sccc2C[C@H](N)C(=O)O)nn1.Cc1nnc(NCc2ccc(C[C@H](N)C(=O)O)nc2)nn1.Cc1nnc(Nc2cncc(C[C@H](N)C(=O)O)c2)nn1.NC(CN1CCC(=O)CC1)C(=O)O. The van der Waals surface area contributed by atoms with Gasteiger partial charge in [0, 0.05) is 110 Å². The van der Waals surface area contributed by atoms with E-state index in [1.54, 1.807) is 83.7 Å². The van der Waals surface area contributed by atoms with Crippen LogP contribution < -0.4 is 50.8 Å². The topological polar surface area (TPSA) is 810 Å². The van der Waals surface area contributed by atoms with Gasteiger partial charge in [-0.05, 0) is 149 Å². The summed E-state index contributed by atoms with van der Waals surface area (Å²) in [5, 5.41) is 148. The third kappa shape index (κ3) is 41.6. The second kappa shape index (κ2) is 54.9. The number of rotatable bonds is 38. The molecule has 0 amide bonds. The highest BCUT2D eigenvalue weighted by atomic mass is 32.1. The molecule has 23 N–H and O–H groups in total. The lowest BCUT2D eigenvalue weighted by molar-refractivity contribution is -0.144. The number of ether oxygens (including phenoxy) is 1. The molecule has 50 nitrogen and oxygen atoms in total. The minimum atomic E-state index is -1.06. The van der Waals surface area contributed by atoms with Gasteiger partial charge in [0.15, 0.2) is 46.6 Å². The van der Waals surface area contributed by atoms with Crippen LogP contribution in [0, 0.1) is 40.5 Å². The molecule has 10 aromatic rings. The third-order valence-corrected chi connectivity index (χ3v) is 19.9. The fourth-order valence-electron chi connectivity index (χ4n) is 10.6. The Morgan fingerprint density at radius 3 is 1.42 bits per heavy atom. The van der Waals surface area contributed by atoms with Gasteiger partial charge in [-0.2, -0.15) is 0 Å². The lowest BCUT2D eigenvalue weighted by Gasteiger charge is -2.26. The van der Waals surface area contributed by atoms with Crippen LogP contribution in [0.2, 0.25) is 0 Å². The van der Waals surface area contributed by atoms with E-state index in [2.05, 4.69) is 134 Å². The van der Waals surface area contributed by atoms with E-state index in [-0.39, 0.29) is 37.0 Å². The molecule has 11 heterocycles. The van der Waals surface area contributed by atoms with E-state index in [1.165, 1.54) is 28.2 Å². The number of hydrogen-bond acceptors (Lipinski definition) is 45. The number of unbranched alkanes of at least 4 members (excludes halogenated alkanes) is 2. The quantitative estimate of drug-likeness (QED) is 0.0133. The summed E-state index contributed by atoms with van der Waals surface area (Å²) in [6.07, 6.45) is 15.2. The van der Waals surface area contributed by atoms with E-state index < -0.39 is 84.1 Å². The largest absolute Gasteiger partial charge is 0.480 e. The van der Waals surface area contributed by atoms with Crippen molar-refractivity contribution in [1.82, 2.24) is 122 Å². The van der Waals surface area contributed by atoms with Crippen LogP contribution in [0.5, 0.6) is 0 Å². The van der Waals surface area contributed by atoms with Crippen LogP contribution in [0.25, 0.3) is 0 Å². The van der Waals surface area contributed by atoms with Gasteiger partial charge in [-0.15, -0.1) is 125 Å². The highest BCUT2D eigenvalue weighted by Gasteiger charge is 2.25. The predicted octanol–water partition coefficient (Wildman–Crippen LogP) is -0.386. The number of aryl methyl sites for hydroxylation is 5. The van der Waals surface area contributed by atoms with Gasteiger partial charge in [-0.3, -0.25) is 58.1 Å². The fourth-order valence-corrected chi connectivity index (χ4v) is 12.4. The molecule has 0 bridgehead atoms. The van der Waals surface area contributed by atoms with Crippen molar-refractivity contribution in [3.05, 3.63) is 185 Å². The van der Waals surface area contributed by atoms with Crippen LogP contribution in [-0.2, 0) is 106 Å². The van der Waals surface area contributed by atoms with Gasteiger partial charge in [0.1, 0.15) is 54.7 Å². The highest BCUT2D eigenvalue weighted by Crippen LogP contribution is 2.28. The molecule has 0 aromatic carbocycles. The summed E-state index contributed by atoms with van der Waals surface area (Å²) in [5.41, 5.74) is 45.6. The number of carbonyl (C=O) groups is 9. The number of nitrogens with two attached hydrogens (primary N) is 7. The summed E-state index contributed by atoms with van der Waals surface area (Å²) in [5.74, 6) is -2.02. The van der Waals surface area contributed by atoms with Crippen LogP contribution >= 0.6 is 22.7 Å². The number of piperidine rings is 1. The van der Waals surface area contributed by atoms with Gasteiger partial charge in [0.25, 0.3) is 11.9 Å². The Morgan fingerprint density at radius 1 is 0.462 bits per heavy atom. The molecule has 1 aliphatic carbocycles. The van der Waals surface area contributed by atoms with Crippen molar-refractivity contribution in [1.29, 1.82) is 0 Å². The molecule has 2 aliphatic rings. The Morgan fingerprint density at radius 2 is 0.915 bits per heavy atom. The van der Waals surface area contributed by atoms with E-state index in [4.69, 9.17) is 80.6 Å². The van der Waals surface area contributed by atoms with Gasteiger partial charge in [-0.25, -0.2) is 0 Å². The van der Waals surface area contributed by atoms with Crippen molar-refractivity contribution in [3.8, 4) is 0 Å². The number of aromatic nitrogens is 23. The number of pyridine rings is 3. The van der Waals surface area contributed by atoms with Crippen molar-refractivity contribution in [2.45, 2.75) is 187 Å². The van der Waals surface area contributed by atoms with Crippen molar-refractivity contribution in [3.63, 3.8) is 0 Å². The second-order valence-corrected chi connectivity index (χ2v) is 31.1. The summed E-state index contributed by atoms with van der Waals surface area (Å²) in [4.78, 5) is 113. The molecule has 1 aliphatic heterocycles. The zero-order valence-corrected chi connectivity index (χ0v) is 73.3. The first-order valence-electron chi connectivity index (χ1n) is 39.9. The summed E-state index contributed by atoms with van der Waals surface area (Å²) in [7, 11) is 0. The molecular formula is C78H103N33O17S2. The molecule has 52 heteroatoms. The maximum Gasteiger partial charge on any atom is 0.321 e. The molecular weight excluding hydrogens is 1740 g/mol. The summed E-state index contributed by atoms with van der Waals surface area (Å²) < 4.78 is 5.09. The Labute approximate surface area is 750 Å². The molecule has 12 rings (SSSR count). The average Bonchev–Trinajstić information content (AvgIpc) is 1.62. The number of nitrogens with zero attached hydrogens (tertiary/aromatic N) is 24. The highest BCUT2D eigenvalue weighted by molar-refractivity contribution is 7.10. The number of carbonyl (C=O) groups excluding carboxylic acids is 2. The van der Waals surface area contributed by atoms with E-state index in [1.807, 2.05) is 40.8 Å². The number of Topliss-reactive ketones (excluding diaryl/α,β-unsaturated/α-hetero) is 1. The molecule has 0 spiro atoms. The number of hydrogen-bond donors (Lipinski definition) is 16. The number of ketones is 1. The first-order valence-corrected chi connectivity index (χ1v) is 41.7. The van der Waals surface area contributed by atoms with Crippen LogP contribution in [-0.4, -0.2) is 280 Å². The van der Waals surface area contributed by atoms with Crippen molar-refractivity contribution in [2.24, 2.45) is 46.1 Å². The summed E-state index contributed by atoms with van der Waals surface area (Å²) in [6.45, 7) is 13.1. The smallest absolute Gasteiger partial charge is 0.321 e. The standard InChI is InChI=1S/C13H21NO4.C12H15N7O2.C12H14N6O2.C11H13N7O2.2C11H13N5O2S.C8H14N2O3/c1-9-7-10(9)8-18-12(15)6-4-2-3-5-11(14)13(16)17;1-7-16-18-12(19-17-7)15-6-8-2-3-9(14-5-8)4-10(13)11(20)21;1-7-15-17-11(18-16-7)5-9-3-2-8(6-14-9)4-10(13)12(19)20;1-6-15-17-11(18-16-6)14-8-2-7(4-13-5-8)3-9(12)10(19)20;1-6-13-15-10(16-14-6)4-8-2-7(5-19-8)3-9(12)11(17)18;1-6-13-15-10(16-14-6)5-9-7(2-3-19-9)4-8(12)11(17)18;9-7(8(12)13)5-10-3-1-6(11)2-4-10/h7,10-11H,2-6,8,14H2,1H3,(H,16,17);2-3,5,10H,4,6,13H2,1H3,(H,20,21)(H,15,18,19);2-3,6,10H,4-5,13H2,1H3,(H,19,20);2,4-5,9H,3,12H2,1H3,(H,19,20)(H,14,17,18);2,5,9H,3-4,12H2,1H3,(H,17,18);2-3,8H,4-5,12H2,1H3,(H,17,18);7H,1-5,9H2,(H,12,13)/t10?,11-;2*10-;2*9-;8-;/m000000./s1. The molecule has 8 atom stereocenters. The number of aliphatic carboxylic acids is 7. The van der Waals surface area contributed by atoms with E-state index >= 15 is 0 Å². The second-order valence-electron chi connectivity index (χ2n) is 29.1. The summed E-state index contributed by atoms with van der Waals surface area (Å²) >= 11 is 3.04. The molecule has 2 unspecified atom stereocenters. The number of carboxylic acid groups (broad SMARTS) is 7.